The number of ether oxygens (including phenoxy) is 4. The third-order valence-electron chi connectivity index (χ3n) is 7.10. The Morgan fingerprint density at radius 2 is 1.42 bits per heavy atom. The number of nitrogens with one attached hydrogen (secondary N) is 2. The van der Waals surface area contributed by atoms with Crippen LogP contribution in [0.4, 0.5) is 0 Å². The van der Waals surface area contributed by atoms with Crippen molar-refractivity contribution in [2.75, 3.05) is 34.0 Å². The van der Waals surface area contributed by atoms with Crippen molar-refractivity contribution in [2.45, 2.75) is 50.0 Å². The van der Waals surface area contributed by atoms with E-state index in [4.69, 9.17) is 18.9 Å². The number of carbonyl (C=O) groups is 1. The minimum Gasteiger partial charge on any atom is -0.496 e. The summed E-state index contributed by atoms with van der Waals surface area (Å²) in [5.74, 6) is 1.91. The van der Waals surface area contributed by atoms with Crippen molar-refractivity contribution in [3.63, 3.8) is 0 Å². The first-order chi connectivity index (χ1) is 16.2. The lowest BCUT2D eigenvalue weighted by atomic mass is 9.85. The number of rotatable bonds is 2. The van der Waals surface area contributed by atoms with E-state index in [9.17, 15) is 4.79 Å². The third kappa shape index (κ3) is 4.58. The molecule has 2 N–H and O–H groups in total. The second-order valence-corrected chi connectivity index (χ2v) is 9.01. The van der Waals surface area contributed by atoms with E-state index < -0.39 is 0 Å². The van der Waals surface area contributed by atoms with Crippen molar-refractivity contribution in [1.82, 2.24) is 10.6 Å². The van der Waals surface area contributed by atoms with Crippen molar-refractivity contribution in [1.29, 1.82) is 0 Å². The maximum atomic E-state index is 11.3. The van der Waals surface area contributed by atoms with Gasteiger partial charge in [0, 0.05) is 31.0 Å². The van der Waals surface area contributed by atoms with Crippen molar-refractivity contribution in [3.05, 3.63) is 58.7 Å². The van der Waals surface area contributed by atoms with Crippen molar-refractivity contribution in [3.8, 4) is 11.5 Å². The lowest BCUT2D eigenvalue weighted by Gasteiger charge is -2.37. The second kappa shape index (κ2) is 9.71. The molecule has 6 rings (SSSR count). The number of hydrogen-bond acceptors (Lipinski definition) is 6. The van der Waals surface area contributed by atoms with E-state index >= 15 is 0 Å². The molecule has 4 atom stereocenters. The molecule has 7 nitrogen and oxygen atoms in total. The molecule has 176 valence electrons. The summed E-state index contributed by atoms with van der Waals surface area (Å²) in [6, 6.07) is 12.9. The lowest BCUT2D eigenvalue weighted by molar-refractivity contribution is -0.137. The third-order valence-corrected chi connectivity index (χ3v) is 7.10. The molecule has 2 aromatic carbocycles. The number of benzene rings is 2. The minimum atomic E-state index is -0.0161. The van der Waals surface area contributed by atoms with Gasteiger partial charge in [0.2, 0.25) is 5.91 Å². The number of morpholine rings is 2. The van der Waals surface area contributed by atoms with E-state index in [1.807, 2.05) is 18.2 Å². The summed E-state index contributed by atoms with van der Waals surface area (Å²) in [4.78, 5) is 11.3. The van der Waals surface area contributed by atoms with Gasteiger partial charge in [-0.3, -0.25) is 4.79 Å². The lowest BCUT2D eigenvalue weighted by Crippen LogP contribution is -2.55. The molecule has 2 heterocycles. The normalized spacial score (nSPS) is 27.4. The molecule has 0 saturated carbocycles. The predicted octanol–water partition coefficient (Wildman–Crippen LogP) is 1.83. The topological polar surface area (TPSA) is 78.1 Å². The van der Waals surface area contributed by atoms with Crippen molar-refractivity contribution in [2.24, 2.45) is 0 Å². The summed E-state index contributed by atoms with van der Waals surface area (Å²) in [7, 11) is 3.42. The van der Waals surface area contributed by atoms with Gasteiger partial charge in [-0.2, -0.15) is 0 Å². The predicted molar refractivity (Wildman–Crippen MR) is 124 cm³/mol. The van der Waals surface area contributed by atoms with Gasteiger partial charge in [0.05, 0.1) is 39.1 Å². The summed E-state index contributed by atoms with van der Waals surface area (Å²) in [5, 5.41) is 6.53. The van der Waals surface area contributed by atoms with Gasteiger partial charge in [-0.25, -0.2) is 0 Å². The number of carbonyl (C=O) groups excluding carboxylic acids is 1. The Labute approximate surface area is 194 Å². The summed E-state index contributed by atoms with van der Waals surface area (Å²) >= 11 is 0. The fourth-order valence-corrected chi connectivity index (χ4v) is 5.46. The molecule has 1 amide bonds. The van der Waals surface area contributed by atoms with Crippen LogP contribution in [-0.4, -0.2) is 64.2 Å². The molecule has 0 spiro atoms. The van der Waals surface area contributed by atoms with Crippen LogP contribution in [0.3, 0.4) is 0 Å². The fourth-order valence-electron chi connectivity index (χ4n) is 5.46. The molecule has 33 heavy (non-hydrogen) atoms. The Bertz CT molecular complexity index is 1010. The fraction of sp³-hybridized carbons (Fsp3) is 0.500. The van der Waals surface area contributed by atoms with E-state index in [0.717, 1.165) is 50.3 Å². The van der Waals surface area contributed by atoms with E-state index in [2.05, 4.69) is 28.8 Å². The SMILES string of the molecule is COc1cccc2c1C[C@H]1OCC(=O)N[C@@H]1C2.COc1cccc2c1C[C@H]1OCCN[C@@H]1C2. The molecule has 7 heteroatoms. The van der Waals surface area contributed by atoms with Gasteiger partial charge in [-0.1, -0.05) is 24.3 Å². The van der Waals surface area contributed by atoms with E-state index in [0.29, 0.717) is 12.1 Å². The highest BCUT2D eigenvalue weighted by Gasteiger charge is 2.35. The Kier molecular flexibility index (Phi) is 6.53. The highest BCUT2D eigenvalue weighted by molar-refractivity contribution is 5.78. The molecular weight excluding hydrogens is 420 g/mol. The van der Waals surface area contributed by atoms with Crippen molar-refractivity contribution >= 4 is 5.91 Å². The van der Waals surface area contributed by atoms with E-state index in [1.165, 1.54) is 22.3 Å². The molecule has 0 unspecified atom stereocenters. The summed E-state index contributed by atoms with van der Waals surface area (Å²) in [5.41, 5.74) is 5.19. The molecule has 2 aliphatic carbocycles. The van der Waals surface area contributed by atoms with Gasteiger partial charge in [0.25, 0.3) is 0 Å². The largest absolute Gasteiger partial charge is 0.496 e. The maximum Gasteiger partial charge on any atom is 0.246 e. The van der Waals surface area contributed by atoms with Crippen LogP contribution >= 0.6 is 0 Å². The van der Waals surface area contributed by atoms with Gasteiger partial charge in [0.15, 0.2) is 0 Å². The molecule has 0 bridgehead atoms. The second-order valence-electron chi connectivity index (χ2n) is 9.01. The number of methoxy groups -OCH3 is 2. The minimum absolute atomic E-state index is 0.0161. The highest BCUT2D eigenvalue weighted by atomic mass is 16.5. The first-order valence-corrected chi connectivity index (χ1v) is 11.7. The zero-order valence-corrected chi connectivity index (χ0v) is 19.3. The molecular formula is C26H32N2O5. The van der Waals surface area contributed by atoms with Gasteiger partial charge in [-0.15, -0.1) is 0 Å². The Morgan fingerprint density at radius 1 is 0.818 bits per heavy atom. The number of hydrogen-bond donors (Lipinski definition) is 2. The summed E-state index contributed by atoms with van der Waals surface area (Å²) < 4.78 is 22.2. The van der Waals surface area contributed by atoms with Crippen LogP contribution < -0.4 is 20.1 Å². The maximum absolute atomic E-state index is 11.3. The number of amides is 1. The smallest absolute Gasteiger partial charge is 0.246 e. The van der Waals surface area contributed by atoms with E-state index in [1.54, 1.807) is 14.2 Å². The van der Waals surface area contributed by atoms with E-state index in [-0.39, 0.29) is 24.7 Å². The molecule has 0 radical (unpaired) electrons. The Morgan fingerprint density at radius 3 is 2.06 bits per heavy atom. The van der Waals surface area contributed by atoms with Crippen LogP contribution in [-0.2, 0) is 40.0 Å². The molecule has 4 aliphatic rings. The average Bonchev–Trinajstić information content (AvgIpc) is 2.85. The number of fused-ring (bicyclic) bond motifs is 4. The Balaban J connectivity index is 0.000000139. The Hall–Kier alpha value is -2.61. The first kappa shape index (κ1) is 22.2. The first-order valence-electron chi connectivity index (χ1n) is 11.7. The molecule has 2 fully saturated rings. The van der Waals surface area contributed by atoms with Crippen LogP contribution in [0.2, 0.25) is 0 Å². The quantitative estimate of drug-likeness (QED) is 0.724. The van der Waals surface area contributed by atoms with Gasteiger partial charge in [0.1, 0.15) is 18.1 Å². The van der Waals surface area contributed by atoms with Crippen LogP contribution in [0.25, 0.3) is 0 Å². The molecule has 2 aromatic rings. The molecule has 0 aromatic heterocycles. The zero-order valence-electron chi connectivity index (χ0n) is 19.3. The van der Waals surface area contributed by atoms with Crippen LogP contribution in [0, 0.1) is 0 Å². The average molecular weight is 453 g/mol. The molecule has 2 aliphatic heterocycles. The van der Waals surface area contributed by atoms with Crippen LogP contribution in [0.5, 0.6) is 11.5 Å². The van der Waals surface area contributed by atoms with Gasteiger partial charge in [-0.05, 0) is 41.7 Å². The molecule has 2 saturated heterocycles. The summed E-state index contributed by atoms with van der Waals surface area (Å²) in [6.07, 6.45) is 4.05. The zero-order chi connectivity index (χ0) is 22.8. The van der Waals surface area contributed by atoms with Crippen molar-refractivity contribution < 1.29 is 23.7 Å². The highest BCUT2D eigenvalue weighted by Crippen LogP contribution is 2.32. The monoisotopic (exact) mass is 452 g/mol. The summed E-state index contributed by atoms with van der Waals surface area (Å²) in [6.45, 7) is 1.97. The van der Waals surface area contributed by atoms with Crippen LogP contribution in [0.1, 0.15) is 22.3 Å². The van der Waals surface area contributed by atoms with Gasteiger partial charge >= 0.3 is 0 Å². The standard InChI is InChI=1S/C13H15NO3.C13H17NO2/c1-16-11-4-2-3-8-5-10-12(6-9(8)11)17-7-13(15)14-10;1-15-12-4-2-3-9-7-11-13(8-10(9)12)16-6-5-14-11/h2-4,10,12H,5-7H2,1H3,(H,14,15);2-4,11,13-14H,5-8H2,1H3/t10-,12-;11-,13-/m11/s1. The van der Waals surface area contributed by atoms with Gasteiger partial charge < -0.3 is 29.6 Å². The van der Waals surface area contributed by atoms with Crippen LogP contribution in [0.15, 0.2) is 36.4 Å².